The van der Waals surface area contributed by atoms with Crippen LogP contribution in [0.3, 0.4) is 0 Å². The van der Waals surface area contributed by atoms with Gasteiger partial charge in [0.25, 0.3) is 0 Å². The van der Waals surface area contributed by atoms with Crippen LogP contribution >= 0.6 is 0 Å². The van der Waals surface area contributed by atoms with Crippen molar-refractivity contribution in [1.29, 1.82) is 0 Å². The molecule has 0 aliphatic rings. The zero-order valence-corrected chi connectivity index (χ0v) is 10.1. The third-order valence-electron chi connectivity index (χ3n) is 2.59. The summed E-state index contributed by atoms with van der Waals surface area (Å²) in [4.78, 5) is 4.29. The second-order valence-corrected chi connectivity index (χ2v) is 4.11. The number of unbranched alkanes of at least 4 members (excludes halogenated alkanes) is 1. The maximum atomic E-state index is 5.96. The Balaban J connectivity index is 2.10. The lowest BCUT2D eigenvalue weighted by atomic mass is 10.1. The fourth-order valence-electron chi connectivity index (χ4n) is 1.59. The molecule has 92 valence electrons. The summed E-state index contributed by atoms with van der Waals surface area (Å²) in [5, 5.41) is 7.97. The molecule has 0 saturated carbocycles. The molecule has 0 saturated heterocycles. The fraction of sp³-hybridized carbons (Fsp3) is 0.545. The minimum absolute atomic E-state index is 0.173. The van der Waals surface area contributed by atoms with Crippen LogP contribution in [0.2, 0.25) is 0 Å². The minimum Gasteiger partial charge on any atom is -0.337 e. The summed E-state index contributed by atoms with van der Waals surface area (Å²) in [6.07, 6.45) is 6.58. The summed E-state index contributed by atoms with van der Waals surface area (Å²) < 4.78 is 6.86. The van der Waals surface area contributed by atoms with E-state index in [9.17, 15) is 0 Å². The van der Waals surface area contributed by atoms with Crippen LogP contribution in [-0.4, -0.2) is 19.9 Å². The zero-order valence-electron chi connectivity index (χ0n) is 10.1. The molecule has 0 aromatic carbocycles. The Morgan fingerprint density at radius 2 is 2.35 bits per heavy atom. The molecule has 0 aliphatic carbocycles. The third kappa shape index (κ3) is 2.71. The second-order valence-electron chi connectivity index (χ2n) is 4.11. The van der Waals surface area contributed by atoms with Crippen molar-refractivity contribution in [1.82, 2.24) is 19.9 Å². The van der Waals surface area contributed by atoms with Crippen molar-refractivity contribution >= 4 is 0 Å². The van der Waals surface area contributed by atoms with Gasteiger partial charge in [-0.2, -0.15) is 10.1 Å². The highest BCUT2D eigenvalue weighted by Crippen LogP contribution is 2.19. The number of rotatable bonds is 5. The zero-order chi connectivity index (χ0) is 12.3. The number of hydrogen-bond donors (Lipinski definition) is 1. The lowest BCUT2D eigenvalue weighted by molar-refractivity contribution is 0.346. The van der Waals surface area contributed by atoms with Crippen LogP contribution in [0.15, 0.2) is 16.9 Å². The van der Waals surface area contributed by atoms with Gasteiger partial charge in [0.2, 0.25) is 11.7 Å². The molecule has 17 heavy (non-hydrogen) atoms. The van der Waals surface area contributed by atoms with Crippen LogP contribution in [0.1, 0.15) is 38.1 Å². The van der Waals surface area contributed by atoms with E-state index in [4.69, 9.17) is 10.3 Å². The third-order valence-corrected chi connectivity index (χ3v) is 2.59. The Morgan fingerprint density at radius 1 is 1.53 bits per heavy atom. The van der Waals surface area contributed by atoms with Gasteiger partial charge in [0.05, 0.1) is 17.8 Å². The predicted molar refractivity (Wildman–Crippen MR) is 63.0 cm³/mol. The molecular formula is C11H17N5O. The molecule has 0 bridgehead atoms. The Kier molecular flexibility index (Phi) is 3.53. The predicted octanol–water partition coefficient (Wildman–Crippen LogP) is 1.66. The summed E-state index contributed by atoms with van der Waals surface area (Å²) in [6.45, 7) is 2.13. The topological polar surface area (TPSA) is 82.8 Å². The first-order valence-corrected chi connectivity index (χ1v) is 5.79. The van der Waals surface area contributed by atoms with Gasteiger partial charge in [0.15, 0.2) is 0 Å². The van der Waals surface area contributed by atoms with Gasteiger partial charge in [-0.1, -0.05) is 24.9 Å². The number of aromatic nitrogens is 4. The van der Waals surface area contributed by atoms with E-state index in [1.54, 1.807) is 10.9 Å². The molecule has 2 heterocycles. The van der Waals surface area contributed by atoms with Crippen molar-refractivity contribution in [2.75, 3.05) is 0 Å². The van der Waals surface area contributed by atoms with Gasteiger partial charge in [-0.3, -0.25) is 4.68 Å². The van der Waals surface area contributed by atoms with E-state index in [1.165, 1.54) is 0 Å². The lowest BCUT2D eigenvalue weighted by Crippen LogP contribution is -2.10. The van der Waals surface area contributed by atoms with Gasteiger partial charge >= 0.3 is 0 Å². The van der Waals surface area contributed by atoms with Crippen LogP contribution in [0.25, 0.3) is 11.4 Å². The first kappa shape index (κ1) is 11.8. The van der Waals surface area contributed by atoms with Gasteiger partial charge < -0.3 is 10.3 Å². The van der Waals surface area contributed by atoms with Crippen LogP contribution in [0.4, 0.5) is 0 Å². The average Bonchev–Trinajstić information content (AvgIpc) is 2.93. The molecule has 2 aromatic heterocycles. The molecule has 2 rings (SSSR count). The summed E-state index contributed by atoms with van der Waals surface area (Å²) in [5.74, 6) is 1.04. The van der Waals surface area contributed by atoms with Crippen molar-refractivity contribution in [2.24, 2.45) is 12.8 Å². The monoisotopic (exact) mass is 235 g/mol. The van der Waals surface area contributed by atoms with Gasteiger partial charge in [-0.15, -0.1) is 0 Å². The molecular weight excluding hydrogens is 218 g/mol. The second kappa shape index (κ2) is 5.09. The minimum atomic E-state index is -0.173. The molecule has 2 N–H and O–H groups in total. The molecule has 6 nitrogen and oxygen atoms in total. The Bertz CT molecular complexity index is 476. The molecule has 1 atom stereocenters. The SMILES string of the molecule is CCCCC(N)c1nc(-c2cnn(C)c2)no1. The molecule has 0 fully saturated rings. The van der Waals surface area contributed by atoms with Crippen molar-refractivity contribution in [3.63, 3.8) is 0 Å². The first-order chi connectivity index (χ1) is 8.20. The summed E-state index contributed by atoms with van der Waals surface area (Å²) in [6, 6.07) is -0.173. The molecule has 2 aromatic rings. The van der Waals surface area contributed by atoms with E-state index < -0.39 is 0 Å². The molecule has 0 radical (unpaired) electrons. The van der Waals surface area contributed by atoms with Crippen molar-refractivity contribution in [3.05, 3.63) is 18.3 Å². The van der Waals surface area contributed by atoms with E-state index in [1.807, 2.05) is 13.2 Å². The Morgan fingerprint density at radius 3 is 3.00 bits per heavy atom. The quantitative estimate of drug-likeness (QED) is 0.852. The van der Waals surface area contributed by atoms with Crippen molar-refractivity contribution in [2.45, 2.75) is 32.2 Å². The van der Waals surface area contributed by atoms with E-state index in [2.05, 4.69) is 22.2 Å². The summed E-state index contributed by atoms with van der Waals surface area (Å²) in [5.41, 5.74) is 6.80. The van der Waals surface area contributed by atoms with Crippen LogP contribution < -0.4 is 5.73 Å². The number of nitrogens with two attached hydrogens (primary N) is 1. The highest BCUT2D eigenvalue weighted by atomic mass is 16.5. The lowest BCUT2D eigenvalue weighted by Gasteiger charge is -2.03. The maximum absolute atomic E-state index is 5.96. The summed E-state index contributed by atoms with van der Waals surface area (Å²) in [7, 11) is 1.84. The van der Waals surface area contributed by atoms with Crippen LogP contribution in [-0.2, 0) is 7.05 Å². The largest absolute Gasteiger partial charge is 0.337 e. The smallest absolute Gasteiger partial charge is 0.243 e. The highest BCUT2D eigenvalue weighted by molar-refractivity contribution is 5.51. The van der Waals surface area contributed by atoms with E-state index in [0.29, 0.717) is 11.7 Å². The van der Waals surface area contributed by atoms with Gasteiger partial charge in [-0.25, -0.2) is 0 Å². The van der Waals surface area contributed by atoms with Gasteiger partial charge in [0, 0.05) is 13.2 Å². The van der Waals surface area contributed by atoms with E-state index >= 15 is 0 Å². The average molecular weight is 235 g/mol. The molecule has 6 heteroatoms. The van der Waals surface area contributed by atoms with Crippen LogP contribution in [0.5, 0.6) is 0 Å². The normalized spacial score (nSPS) is 12.9. The van der Waals surface area contributed by atoms with Crippen LogP contribution in [0, 0.1) is 0 Å². The number of nitrogens with zero attached hydrogens (tertiary/aromatic N) is 4. The van der Waals surface area contributed by atoms with Gasteiger partial charge in [0.1, 0.15) is 0 Å². The molecule has 0 amide bonds. The molecule has 0 spiro atoms. The first-order valence-electron chi connectivity index (χ1n) is 5.79. The van der Waals surface area contributed by atoms with E-state index in [-0.39, 0.29) is 6.04 Å². The Labute approximate surface area is 99.8 Å². The van der Waals surface area contributed by atoms with Crippen molar-refractivity contribution < 1.29 is 4.52 Å². The number of aryl methyl sites for hydroxylation is 1. The fourth-order valence-corrected chi connectivity index (χ4v) is 1.59. The van der Waals surface area contributed by atoms with E-state index in [0.717, 1.165) is 24.8 Å². The van der Waals surface area contributed by atoms with Crippen molar-refractivity contribution in [3.8, 4) is 11.4 Å². The molecule has 1 unspecified atom stereocenters. The molecule has 0 aliphatic heterocycles. The highest BCUT2D eigenvalue weighted by Gasteiger charge is 2.15. The number of hydrogen-bond acceptors (Lipinski definition) is 5. The maximum Gasteiger partial charge on any atom is 0.243 e. The summed E-state index contributed by atoms with van der Waals surface area (Å²) >= 11 is 0. The standard InChI is InChI=1S/C11H17N5O/c1-3-4-5-9(12)11-14-10(15-17-11)8-6-13-16(2)7-8/h6-7,9H,3-5,12H2,1-2H3. The Hall–Kier alpha value is -1.69. The van der Waals surface area contributed by atoms with Gasteiger partial charge in [-0.05, 0) is 6.42 Å².